The molecule has 0 aliphatic carbocycles. The first kappa shape index (κ1) is 22.7. The minimum Gasteiger partial charge on any atom is -0.356 e. The van der Waals surface area contributed by atoms with Gasteiger partial charge in [-0.25, -0.2) is 0 Å². The van der Waals surface area contributed by atoms with Crippen LogP contribution in [0.4, 0.5) is 0 Å². The molecule has 7 nitrogen and oxygen atoms in total. The van der Waals surface area contributed by atoms with Crippen molar-refractivity contribution in [2.24, 2.45) is 5.41 Å². The average Bonchev–Trinajstić information content (AvgIpc) is 3.48. The van der Waals surface area contributed by atoms with Crippen molar-refractivity contribution in [2.75, 3.05) is 19.6 Å². The summed E-state index contributed by atoms with van der Waals surface area (Å²) in [6.07, 6.45) is 8.17. The van der Waals surface area contributed by atoms with Crippen molar-refractivity contribution in [2.45, 2.75) is 39.7 Å². The molecule has 0 unspecified atom stereocenters. The van der Waals surface area contributed by atoms with E-state index in [0.717, 1.165) is 16.7 Å². The van der Waals surface area contributed by atoms with Crippen LogP contribution in [0, 0.1) is 5.41 Å². The Labute approximate surface area is 194 Å². The molecule has 7 heteroatoms. The second-order valence-electron chi connectivity index (χ2n) is 9.03. The molecule has 1 aliphatic heterocycles. The summed E-state index contributed by atoms with van der Waals surface area (Å²) >= 11 is 0. The van der Waals surface area contributed by atoms with E-state index in [1.165, 1.54) is 0 Å². The summed E-state index contributed by atoms with van der Waals surface area (Å²) in [4.78, 5) is 32.3. The SMILES string of the molecule is CCNC(=O)[C@@]1(Cc2cccc(-c3ccncc3)c2)CCN(C(=O)c2cnn(C(C)C)c2)C1. The monoisotopic (exact) mass is 445 g/mol. The molecule has 4 rings (SSSR count). The van der Waals surface area contributed by atoms with Crippen LogP contribution in [0.15, 0.2) is 61.2 Å². The van der Waals surface area contributed by atoms with Crippen molar-refractivity contribution in [3.63, 3.8) is 0 Å². The summed E-state index contributed by atoms with van der Waals surface area (Å²) < 4.78 is 1.78. The van der Waals surface area contributed by atoms with Crippen molar-refractivity contribution in [3.05, 3.63) is 72.3 Å². The second kappa shape index (κ2) is 9.57. The summed E-state index contributed by atoms with van der Waals surface area (Å²) in [5.41, 5.74) is 3.17. The lowest BCUT2D eigenvalue weighted by Crippen LogP contribution is -2.45. The number of likely N-dealkylation sites (tertiary alicyclic amines) is 1. The lowest BCUT2D eigenvalue weighted by atomic mass is 9.79. The highest BCUT2D eigenvalue weighted by atomic mass is 16.2. The van der Waals surface area contributed by atoms with Gasteiger partial charge in [0, 0.05) is 44.3 Å². The lowest BCUT2D eigenvalue weighted by Gasteiger charge is -2.28. The van der Waals surface area contributed by atoms with Gasteiger partial charge in [-0.15, -0.1) is 0 Å². The molecular formula is C26H31N5O2. The van der Waals surface area contributed by atoms with Crippen molar-refractivity contribution in [1.29, 1.82) is 0 Å². The maximum absolute atomic E-state index is 13.3. The molecule has 1 atom stereocenters. The van der Waals surface area contributed by atoms with Crippen LogP contribution in [0.1, 0.15) is 49.2 Å². The fourth-order valence-electron chi connectivity index (χ4n) is 4.51. The first-order valence-corrected chi connectivity index (χ1v) is 11.5. The molecule has 1 N–H and O–H groups in total. The maximum atomic E-state index is 13.3. The normalized spacial score (nSPS) is 18.0. The summed E-state index contributed by atoms with van der Waals surface area (Å²) in [6.45, 7) is 7.48. The third-order valence-corrected chi connectivity index (χ3v) is 6.32. The Morgan fingerprint density at radius 3 is 2.64 bits per heavy atom. The number of nitrogens with zero attached hydrogens (tertiary/aromatic N) is 4. The average molecular weight is 446 g/mol. The zero-order valence-corrected chi connectivity index (χ0v) is 19.5. The van der Waals surface area contributed by atoms with Gasteiger partial charge in [0.05, 0.1) is 17.2 Å². The van der Waals surface area contributed by atoms with Crippen molar-refractivity contribution in [1.82, 2.24) is 25.0 Å². The molecule has 1 aromatic carbocycles. The van der Waals surface area contributed by atoms with E-state index in [-0.39, 0.29) is 17.9 Å². The topological polar surface area (TPSA) is 80.1 Å². The van der Waals surface area contributed by atoms with Gasteiger partial charge in [0.2, 0.25) is 5.91 Å². The van der Waals surface area contributed by atoms with Crippen LogP contribution < -0.4 is 5.32 Å². The Bertz CT molecular complexity index is 1120. The van der Waals surface area contributed by atoms with Gasteiger partial charge in [0.1, 0.15) is 0 Å². The van der Waals surface area contributed by atoms with Crippen LogP contribution in [0.5, 0.6) is 0 Å². The summed E-state index contributed by atoms with van der Waals surface area (Å²) in [5, 5.41) is 7.31. The predicted molar refractivity (Wildman–Crippen MR) is 128 cm³/mol. The molecule has 1 aliphatic rings. The number of pyridine rings is 1. The van der Waals surface area contributed by atoms with Crippen LogP contribution in [0.3, 0.4) is 0 Å². The third kappa shape index (κ3) is 4.82. The Kier molecular flexibility index (Phi) is 6.58. The van der Waals surface area contributed by atoms with E-state index in [4.69, 9.17) is 0 Å². The molecule has 0 radical (unpaired) electrons. The van der Waals surface area contributed by atoms with Crippen molar-refractivity contribution >= 4 is 11.8 Å². The van der Waals surface area contributed by atoms with Crippen LogP contribution in [-0.4, -0.2) is 51.1 Å². The van der Waals surface area contributed by atoms with Crippen LogP contribution in [0.25, 0.3) is 11.1 Å². The van der Waals surface area contributed by atoms with Gasteiger partial charge in [0.15, 0.2) is 0 Å². The highest BCUT2D eigenvalue weighted by Gasteiger charge is 2.46. The first-order valence-electron chi connectivity index (χ1n) is 11.5. The Morgan fingerprint density at radius 1 is 1.15 bits per heavy atom. The van der Waals surface area contributed by atoms with Gasteiger partial charge >= 0.3 is 0 Å². The molecule has 3 heterocycles. The summed E-state index contributed by atoms with van der Waals surface area (Å²) in [5.74, 6) is -0.0638. The van der Waals surface area contributed by atoms with E-state index in [1.807, 2.05) is 39.0 Å². The molecule has 1 saturated heterocycles. The van der Waals surface area contributed by atoms with Gasteiger partial charge in [-0.1, -0.05) is 24.3 Å². The highest BCUT2D eigenvalue weighted by molar-refractivity contribution is 5.95. The predicted octanol–water partition coefficient (Wildman–Crippen LogP) is 3.74. The maximum Gasteiger partial charge on any atom is 0.257 e. The van der Waals surface area contributed by atoms with E-state index in [9.17, 15) is 9.59 Å². The van der Waals surface area contributed by atoms with Gasteiger partial charge in [0.25, 0.3) is 5.91 Å². The number of benzene rings is 1. The Morgan fingerprint density at radius 2 is 1.94 bits per heavy atom. The minimum absolute atomic E-state index is 0.00693. The van der Waals surface area contributed by atoms with Crippen LogP contribution >= 0.6 is 0 Å². The molecular weight excluding hydrogens is 414 g/mol. The van der Waals surface area contributed by atoms with E-state index >= 15 is 0 Å². The number of rotatable bonds is 7. The second-order valence-corrected chi connectivity index (χ2v) is 9.03. The fraction of sp³-hybridized carbons (Fsp3) is 0.385. The van der Waals surface area contributed by atoms with Gasteiger partial charge in [-0.05, 0) is 62.4 Å². The largest absolute Gasteiger partial charge is 0.356 e. The summed E-state index contributed by atoms with van der Waals surface area (Å²) in [6, 6.07) is 12.4. The van der Waals surface area contributed by atoms with E-state index in [2.05, 4.69) is 33.6 Å². The van der Waals surface area contributed by atoms with Gasteiger partial charge in [-0.2, -0.15) is 5.10 Å². The molecule has 3 aromatic rings. The van der Waals surface area contributed by atoms with Crippen LogP contribution in [-0.2, 0) is 11.2 Å². The molecule has 33 heavy (non-hydrogen) atoms. The molecule has 0 spiro atoms. The quantitative estimate of drug-likeness (QED) is 0.601. The zero-order chi connectivity index (χ0) is 23.4. The molecule has 2 aromatic heterocycles. The van der Waals surface area contributed by atoms with Crippen LogP contribution in [0.2, 0.25) is 0 Å². The number of hydrogen-bond acceptors (Lipinski definition) is 4. The smallest absolute Gasteiger partial charge is 0.257 e. The number of hydrogen-bond donors (Lipinski definition) is 1. The molecule has 0 saturated carbocycles. The van der Waals surface area contributed by atoms with E-state index < -0.39 is 5.41 Å². The fourth-order valence-corrected chi connectivity index (χ4v) is 4.51. The number of aromatic nitrogens is 3. The minimum atomic E-state index is -0.656. The Hall–Kier alpha value is -3.48. The van der Waals surface area contributed by atoms with Crippen molar-refractivity contribution < 1.29 is 9.59 Å². The number of carbonyl (C=O) groups is 2. The molecule has 172 valence electrons. The van der Waals surface area contributed by atoms with Gasteiger partial charge in [-0.3, -0.25) is 19.3 Å². The Balaban J connectivity index is 1.58. The highest BCUT2D eigenvalue weighted by Crippen LogP contribution is 2.36. The third-order valence-electron chi connectivity index (χ3n) is 6.32. The standard InChI is InChI=1S/C26H31N5O2/c1-4-28-25(33)26(15-20-6-5-7-22(14-20)21-8-11-27-12-9-21)10-13-30(18-26)24(32)23-16-29-31(17-23)19(2)3/h5-9,11-12,14,16-17,19H,4,10,13,15,18H2,1-3H3,(H,28,33)/t26-/m1/s1. The first-order chi connectivity index (χ1) is 15.9. The van der Waals surface area contributed by atoms with E-state index in [1.54, 1.807) is 34.4 Å². The molecule has 1 fully saturated rings. The lowest BCUT2D eigenvalue weighted by molar-refractivity contribution is -0.130. The van der Waals surface area contributed by atoms with E-state index in [0.29, 0.717) is 38.0 Å². The van der Waals surface area contributed by atoms with Crippen molar-refractivity contribution in [3.8, 4) is 11.1 Å². The summed E-state index contributed by atoms with van der Waals surface area (Å²) in [7, 11) is 0. The number of nitrogens with one attached hydrogen (secondary N) is 1. The zero-order valence-electron chi connectivity index (χ0n) is 19.5. The van der Waals surface area contributed by atoms with Gasteiger partial charge < -0.3 is 10.2 Å². The number of carbonyl (C=O) groups excluding carboxylic acids is 2. The molecule has 0 bridgehead atoms. The molecule has 2 amide bonds. The number of amides is 2.